The molecule has 0 aliphatic heterocycles. The highest BCUT2D eigenvalue weighted by molar-refractivity contribution is 5.80. The molecule has 0 aromatic heterocycles. The number of rotatable bonds is 6. The van der Waals surface area contributed by atoms with E-state index >= 15 is 0 Å². The first-order valence-corrected chi connectivity index (χ1v) is 6.82. The van der Waals surface area contributed by atoms with E-state index in [1.807, 2.05) is 55.6 Å². The van der Waals surface area contributed by atoms with E-state index in [9.17, 15) is 4.79 Å². The van der Waals surface area contributed by atoms with Crippen LogP contribution < -0.4 is 5.32 Å². The molecule has 20 heavy (non-hydrogen) atoms. The van der Waals surface area contributed by atoms with Crippen molar-refractivity contribution in [1.29, 1.82) is 0 Å². The fraction of sp³-hybridized carbons (Fsp3) is 0.235. The molecule has 3 nitrogen and oxygen atoms in total. The monoisotopic (exact) mass is 268 g/mol. The van der Waals surface area contributed by atoms with Crippen molar-refractivity contribution in [2.24, 2.45) is 0 Å². The Labute approximate surface area is 120 Å². The van der Waals surface area contributed by atoms with Gasteiger partial charge in [-0.25, -0.2) is 0 Å². The third-order valence-electron chi connectivity index (χ3n) is 3.22. The number of likely N-dealkylation sites (N-methyl/N-ethyl adjacent to an activating group) is 1. The molecule has 1 N–H and O–H groups in total. The molecule has 2 aromatic rings. The highest BCUT2D eigenvalue weighted by Crippen LogP contribution is 2.05. The van der Waals surface area contributed by atoms with E-state index in [1.54, 1.807) is 4.90 Å². The fourth-order valence-corrected chi connectivity index (χ4v) is 1.93. The quantitative estimate of drug-likeness (QED) is 0.873. The van der Waals surface area contributed by atoms with Gasteiger partial charge in [-0.3, -0.25) is 4.79 Å². The Kier molecular flexibility index (Phi) is 5.18. The van der Waals surface area contributed by atoms with Crippen molar-refractivity contribution in [3.63, 3.8) is 0 Å². The third kappa shape index (κ3) is 4.43. The van der Waals surface area contributed by atoms with Crippen molar-refractivity contribution >= 4 is 11.6 Å². The van der Waals surface area contributed by atoms with Gasteiger partial charge in [-0.05, 0) is 24.1 Å². The van der Waals surface area contributed by atoms with Gasteiger partial charge < -0.3 is 10.2 Å². The molecule has 0 saturated carbocycles. The van der Waals surface area contributed by atoms with Gasteiger partial charge in [0.25, 0.3) is 0 Å². The van der Waals surface area contributed by atoms with Crippen molar-refractivity contribution in [1.82, 2.24) is 4.90 Å². The lowest BCUT2D eigenvalue weighted by Crippen LogP contribution is -2.33. The molecule has 0 atom stereocenters. The maximum Gasteiger partial charge on any atom is 0.241 e. The molecule has 3 heteroatoms. The van der Waals surface area contributed by atoms with Crippen molar-refractivity contribution in [3.8, 4) is 0 Å². The fourth-order valence-electron chi connectivity index (χ4n) is 1.93. The molecular formula is C17H20N2O. The molecule has 0 heterocycles. The lowest BCUT2D eigenvalue weighted by molar-refractivity contribution is -0.127. The van der Waals surface area contributed by atoms with Gasteiger partial charge >= 0.3 is 0 Å². The zero-order valence-corrected chi connectivity index (χ0v) is 11.8. The summed E-state index contributed by atoms with van der Waals surface area (Å²) in [5.41, 5.74) is 2.22. The van der Waals surface area contributed by atoms with E-state index in [0.29, 0.717) is 6.54 Å². The smallest absolute Gasteiger partial charge is 0.241 e. The molecule has 0 radical (unpaired) electrons. The van der Waals surface area contributed by atoms with Gasteiger partial charge in [0.05, 0.1) is 6.54 Å². The number of benzene rings is 2. The minimum Gasteiger partial charge on any atom is -0.376 e. The molecule has 0 unspecified atom stereocenters. The van der Waals surface area contributed by atoms with Crippen LogP contribution in [0.1, 0.15) is 5.56 Å². The normalized spacial score (nSPS) is 10.1. The number of nitrogens with zero attached hydrogens (tertiary/aromatic N) is 1. The number of nitrogens with one attached hydrogen (secondary N) is 1. The molecule has 0 fully saturated rings. The summed E-state index contributed by atoms with van der Waals surface area (Å²) >= 11 is 0. The average Bonchev–Trinajstić information content (AvgIpc) is 2.52. The predicted octanol–water partition coefficient (Wildman–Crippen LogP) is 2.80. The topological polar surface area (TPSA) is 32.3 Å². The van der Waals surface area contributed by atoms with Gasteiger partial charge in [0.1, 0.15) is 0 Å². The van der Waals surface area contributed by atoms with Crippen LogP contribution in [-0.2, 0) is 11.2 Å². The van der Waals surface area contributed by atoms with Crippen molar-refractivity contribution < 1.29 is 4.79 Å². The number of hydrogen-bond acceptors (Lipinski definition) is 2. The van der Waals surface area contributed by atoms with E-state index in [4.69, 9.17) is 0 Å². The second kappa shape index (κ2) is 7.34. The molecule has 0 aliphatic rings. The van der Waals surface area contributed by atoms with Gasteiger partial charge in [-0.15, -0.1) is 0 Å². The predicted molar refractivity (Wildman–Crippen MR) is 82.7 cm³/mol. The summed E-state index contributed by atoms with van der Waals surface area (Å²) in [7, 11) is 1.85. The highest BCUT2D eigenvalue weighted by atomic mass is 16.2. The zero-order chi connectivity index (χ0) is 14.2. The summed E-state index contributed by atoms with van der Waals surface area (Å²) in [5, 5.41) is 3.13. The van der Waals surface area contributed by atoms with Crippen LogP contribution in [0.4, 0.5) is 5.69 Å². The van der Waals surface area contributed by atoms with Crippen LogP contribution in [-0.4, -0.2) is 30.9 Å². The van der Waals surface area contributed by atoms with E-state index in [1.165, 1.54) is 5.56 Å². The molecule has 0 saturated heterocycles. The Bertz CT molecular complexity index is 525. The number of para-hydroxylation sites is 1. The van der Waals surface area contributed by atoms with Crippen LogP contribution in [0.5, 0.6) is 0 Å². The van der Waals surface area contributed by atoms with Crippen molar-refractivity contribution in [2.45, 2.75) is 6.42 Å². The highest BCUT2D eigenvalue weighted by Gasteiger charge is 2.08. The summed E-state index contributed by atoms with van der Waals surface area (Å²) in [6, 6.07) is 20.0. The van der Waals surface area contributed by atoms with Crippen LogP contribution in [0.25, 0.3) is 0 Å². The van der Waals surface area contributed by atoms with Crippen molar-refractivity contribution in [3.05, 3.63) is 66.2 Å². The molecule has 2 aromatic carbocycles. The Morgan fingerprint density at radius 3 is 2.25 bits per heavy atom. The molecule has 104 valence electrons. The first-order valence-electron chi connectivity index (χ1n) is 6.82. The maximum absolute atomic E-state index is 12.0. The Hall–Kier alpha value is -2.29. The standard InChI is InChI=1S/C17H20N2O/c1-19(13-12-15-8-4-2-5-9-15)17(20)14-18-16-10-6-3-7-11-16/h2-11,18H,12-14H2,1H3. The third-order valence-corrected chi connectivity index (χ3v) is 3.22. The van der Waals surface area contributed by atoms with E-state index in [2.05, 4.69) is 17.4 Å². The summed E-state index contributed by atoms with van der Waals surface area (Å²) in [6.07, 6.45) is 0.883. The van der Waals surface area contributed by atoms with E-state index in [0.717, 1.165) is 18.7 Å². The van der Waals surface area contributed by atoms with Crippen LogP contribution in [0.2, 0.25) is 0 Å². The molecule has 0 bridgehead atoms. The molecular weight excluding hydrogens is 248 g/mol. The van der Waals surface area contributed by atoms with E-state index in [-0.39, 0.29) is 5.91 Å². The van der Waals surface area contributed by atoms with Gasteiger partial charge in [-0.1, -0.05) is 48.5 Å². The van der Waals surface area contributed by atoms with Gasteiger partial charge in [-0.2, -0.15) is 0 Å². The first-order chi connectivity index (χ1) is 9.75. The second-order valence-electron chi connectivity index (χ2n) is 4.77. The number of carbonyl (C=O) groups excluding carboxylic acids is 1. The van der Waals surface area contributed by atoms with Crippen LogP contribution in [0.3, 0.4) is 0 Å². The van der Waals surface area contributed by atoms with Crippen LogP contribution in [0, 0.1) is 0 Å². The first kappa shape index (κ1) is 14.1. The minimum atomic E-state index is 0.102. The summed E-state index contributed by atoms with van der Waals surface area (Å²) in [6.45, 7) is 1.06. The average molecular weight is 268 g/mol. The Morgan fingerprint density at radius 2 is 1.60 bits per heavy atom. The lowest BCUT2D eigenvalue weighted by Gasteiger charge is -2.18. The number of anilines is 1. The molecule has 2 rings (SSSR count). The second-order valence-corrected chi connectivity index (χ2v) is 4.77. The van der Waals surface area contributed by atoms with Gasteiger partial charge in [0.2, 0.25) is 5.91 Å². The lowest BCUT2D eigenvalue weighted by atomic mass is 10.1. The SMILES string of the molecule is CN(CCc1ccccc1)C(=O)CNc1ccccc1. The minimum absolute atomic E-state index is 0.102. The number of amides is 1. The Balaban J connectivity index is 1.75. The van der Waals surface area contributed by atoms with E-state index < -0.39 is 0 Å². The van der Waals surface area contributed by atoms with Gasteiger partial charge in [0, 0.05) is 19.3 Å². The largest absolute Gasteiger partial charge is 0.376 e. The van der Waals surface area contributed by atoms with Crippen LogP contribution >= 0.6 is 0 Å². The summed E-state index contributed by atoms with van der Waals surface area (Å²) < 4.78 is 0. The molecule has 0 aliphatic carbocycles. The molecule has 0 spiro atoms. The summed E-state index contributed by atoms with van der Waals surface area (Å²) in [4.78, 5) is 13.8. The van der Waals surface area contributed by atoms with Crippen molar-refractivity contribution in [2.75, 3.05) is 25.5 Å². The zero-order valence-electron chi connectivity index (χ0n) is 11.8. The van der Waals surface area contributed by atoms with Crippen LogP contribution in [0.15, 0.2) is 60.7 Å². The molecule has 1 amide bonds. The summed E-state index contributed by atoms with van der Waals surface area (Å²) in [5.74, 6) is 0.102. The van der Waals surface area contributed by atoms with Gasteiger partial charge in [0.15, 0.2) is 0 Å². The number of carbonyl (C=O) groups is 1. The number of hydrogen-bond donors (Lipinski definition) is 1. The Morgan fingerprint density at radius 1 is 1.00 bits per heavy atom. The maximum atomic E-state index is 12.0.